The van der Waals surface area contributed by atoms with E-state index in [9.17, 15) is 19.7 Å². The second kappa shape index (κ2) is 9.27. The summed E-state index contributed by atoms with van der Waals surface area (Å²) in [5.74, 6) is -0.510. The van der Waals surface area contributed by atoms with Crippen molar-refractivity contribution in [3.05, 3.63) is 92.5 Å². The van der Waals surface area contributed by atoms with Crippen molar-refractivity contribution in [1.29, 1.82) is 0 Å². The molecule has 31 heavy (non-hydrogen) atoms. The Morgan fingerprint density at radius 1 is 0.935 bits per heavy atom. The van der Waals surface area contributed by atoms with Crippen LogP contribution in [0.3, 0.4) is 0 Å². The molecule has 0 aliphatic carbocycles. The van der Waals surface area contributed by atoms with Gasteiger partial charge < -0.3 is 14.8 Å². The third-order valence-corrected chi connectivity index (χ3v) is 4.78. The molecule has 0 saturated carbocycles. The summed E-state index contributed by atoms with van der Waals surface area (Å²) >= 11 is 6.17. The summed E-state index contributed by atoms with van der Waals surface area (Å²) in [5, 5.41) is 13.9. The number of amides is 1. The molecule has 158 valence electrons. The molecule has 3 aromatic rings. The molecular formula is C22H17ClN2O6. The molecule has 0 heterocycles. The molecule has 0 aliphatic rings. The Hall–Kier alpha value is -3.91. The van der Waals surface area contributed by atoms with Crippen LogP contribution in [0.1, 0.15) is 26.3 Å². The Kier molecular flexibility index (Phi) is 6.52. The third kappa shape index (κ3) is 4.65. The number of carbonyl (C=O) groups excluding carboxylic acids is 2. The van der Waals surface area contributed by atoms with Gasteiger partial charge in [-0.15, -0.1) is 0 Å². The summed E-state index contributed by atoms with van der Waals surface area (Å²) in [7, 11) is 2.84. The fourth-order valence-electron chi connectivity index (χ4n) is 2.92. The van der Waals surface area contributed by atoms with Crippen LogP contribution in [0, 0.1) is 10.1 Å². The van der Waals surface area contributed by atoms with Crippen LogP contribution in [0.5, 0.6) is 11.5 Å². The molecule has 0 radical (unpaired) electrons. The molecule has 1 amide bonds. The first-order valence-corrected chi connectivity index (χ1v) is 9.34. The number of nitrogens with one attached hydrogen (secondary N) is 1. The first-order chi connectivity index (χ1) is 14.8. The normalized spacial score (nSPS) is 10.3. The number of carbonyl (C=O) groups is 2. The summed E-state index contributed by atoms with van der Waals surface area (Å²) in [6.45, 7) is 0. The fraction of sp³-hybridized carbons (Fsp3) is 0.0909. The maximum absolute atomic E-state index is 13.2. The highest BCUT2D eigenvalue weighted by Gasteiger charge is 2.22. The topological polar surface area (TPSA) is 108 Å². The highest BCUT2D eigenvalue weighted by Crippen LogP contribution is 2.35. The quantitative estimate of drug-likeness (QED) is 0.322. The predicted octanol–water partition coefficient (Wildman–Crippen LogP) is 4.75. The minimum atomic E-state index is -0.635. The number of nitro groups is 1. The van der Waals surface area contributed by atoms with E-state index in [4.69, 9.17) is 21.1 Å². The molecular weight excluding hydrogens is 424 g/mol. The number of ketones is 1. The third-order valence-electron chi connectivity index (χ3n) is 4.45. The van der Waals surface area contributed by atoms with Gasteiger partial charge in [-0.3, -0.25) is 19.7 Å². The van der Waals surface area contributed by atoms with Gasteiger partial charge >= 0.3 is 0 Å². The van der Waals surface area contributed by atoms with E-state index in [0.717, 1.165) is 6.07 Å². The number of anilines is 1. The van der Waals surface area contributed by atoms with Crippen LogP contribution in [0.4, 0.5) is 11.4 Å². The minimum absolute atomic E-state index is 0.0557. The molecule has 0 aromatic heterocycles. The molecule has 9 heteroatoms. The summed E-state index contributed by atoms with van der Waals surface area (Å²) in [5.41, 5.74) is 0.318. The number of methoxy groups -OCH3 is 2. The number of nitrogens with zero attached hydrogens (tertiary/aromatic N) is 1. The molecule has 3 aromatic carbocycles. The van der Waals surface area contributed by atoms with Gasteiger partial charge in [-0.05, 0) is 24.3 Å². The second-order valence-electron chi connectivity index (χ2n) is 6.32. The van der Waals surface area contributed by atoms with E-state index < -0.39 is 16.6 Å². The zero-order valence-corrected chi connectivity index (χ0v) is 17.3. The number of hydrogen-bond donors (Lipinski definition) is 1. The number of halogens is 1. The second-order valence-corrected chi connectivity index (χ2v) is 6.73. The maximum atomic E-state index is 13.2. The fourth-order valence-corrected chi connectivity index (χ4v) is 3.14. The van der Waals surface area contributed by atoms with Gasteiger partial charge in [0, 0.05) is 29.3 Å². The van der Waals surface area contributed by atoms with Gasteiger partial charge in [0.05, 0.1) is 35.4 Å². The molecule has 0 aliphatic heterocycles. The van der Waals surface area contributed by atoms with Crippen molar-refractivity contribution in [3.8, 4) is 11.5 Å². The van der Waals surface area contributed by atoms with Crippen molar-refractivity contribution in [1.82, 2.24) is 0 Å². The lowest BCUT2D eigenvalue weighted by molar-refractivity contribution is -0.384. The van der Waals surface area contributed by atoms with Crippen molar-refractivity contribution in [2.75, 3.05) is 19.5 Å². The van der Waals surface area contributed by atoms with E-state index in [1.54, 1.807) is 24.3 Å². The Bertz CT molecular complexity index is 1180. The number of nitro benzene ring substituents is 1. The molecule has 0 spiro atoms. The van der Waals surface area contributed by atoms with Gasteiger partial charge in [-0.25, -0.2) is 0 Å². The maximum Gasteiger partial charge on any atom is 0.270 e. The smallest absolute Gasteiger partial charge is 0.270 e. The summed E-state index contributed by atoms with van der Waals surface area (Å²) < 4.78 is 10.6. The van der Waals surface area contributed by atoms with Crippen molar-refractivity contribution in [3.63, 3.8) is 0 Å². The van der Waals surface area contributed by atoms with E-state index in [-0.39, 0.29) is 44.6 Å². The van der Waals surface area contributed by atoms with Crippen LogP contribution in [0.2, 0.25) is 5.02 Å². The zero-order valence-electron chi connectivity index (χ0n) is 16.5. The Morgan fingerprint density at radius 2 is 1.61 bits per heavy atom. The summed E-state index contributed by atoms with van der Waals surface area (Å²) in [4.78, 5) is 36.4. The molecule has 0 unspecified atom stereocenters. The van der Waals surface area contributed by atoms with Crippen LogP contribution < -0.4 is 14.8 Å². The minimum Gasteiger partial charge on any atom is -0.493 e. The molecule has 3 rings (SSSR count). The lowest BCUT2D eigenvalue weighted by Gasteiger charge is -2.16. The van der Waals surface area contributed by atoms with Gasteiger partial charge in [-0.1, -0.05) is 29.8 Å². The Labute approximate surface area is 182 Å². The first-order valence-electron chi connectivity index (χ1n) is 8.96. The van der Waals surface area contributed by atoms with Crippen molar-refractivity contribution in [2.45, 2.75) is 0 Å². The highest BCUT2D eigenvalue weighted by molar-refractivity contribution is 6.35. The van der Waals surface area contributed by atoms with Crippen molar-refractivity contribution in [2.24, 2.45) is 0 Å². The molecule has 0 bridgehead atoms. The number of benzene rings is 3. The van der Waals surface area contributed by atoms with Gasteiger partial charge in [0.1, 0.15) is 0 Å². The Balaban J connectivity index is 2.07. The summed E-state index contributed by atoms with van der Waals surface area (Å²) in [6.07, 6.45) is 0. The predicted molar refractivity (Wildman–Crippen MR) is 115 cm³/mol. The number of hydrogen-bond acceptors (Lipinski definition) is 6. The zero-order chi connectivity index (χ0) is 22.5. The number of non-ortho nitro benzene ring substituents is 1. The first kappa shape index (κ1) is 21.8. The average molecular weight is 441 g/mol. The highest BCUT2D eigenvalue weighted by atomic mass is 35.5. The van der Waals surface area contributed by atoms with E-state index in [2.05, 4.69) is 5.32 Å². The number of rotatable bonds is 7. The monoisotopic (exact) mass is 440 g/mol. The van der Waals surface area contributed by atoms with E-state index in [0.29, 0.717) is 0 Å². The molecule has 8 nitrogen and oxygen atoms in total. The van der Waals surface area contributed by atoms with Crippen LogP contribution in [0.25, 0.3) is 0 Å². The van der Waals surface area contributed by atoms with Gasteiger partial charge in [0.2, 0.25) is 0 Å². The SMILES string of the molecule is COc1cc(NC(=O)c2cccc([N+](=O)[O-])c2)c(C(=O)c2ccccc2Cl)cc1OC. The van der Waals surface area contributed by atoms with E-state index in [1.165, 1.54) is 44.6 Å². The van der Waals surface area contributed by atoms with E-state index >= 15 is 0 Å². The lowest BCUT2D eigenvalue weighted by Crippen LogP contribution is -2.16. The van der Waals surface area contributed by atoms with Gasteiger partial charge in [0.25, 0.3) is 11.6 Å². The van der Waals surface area contributed by atoms with Crippen LogP contribution in [-0.2, 0) is 0 Å². The van der Waals surface area contributed by atoms with E-state index in [1.807, 2.05) is 0 Å². The largest absolute Gasteiger partial charge is 0.493 e. The van der Waals surface area contributed by atoms with Crippen LogP contribution in [0.15, 0.2) is 60.7 Å². The standard InChI is InChI=1S/C22H17ClN2O6/c1-30-19-11-16(21(26)15-8-3-4-9-17(15)23)18(12-20(19)31-2)24-22(27)13-6-5-7-14(10-13)25(28)29/h3-12H,1-2H3,(H,24,27). The summed E-state index contributed by atoms with van der Waals surface area (Å²) in [6, 6.07) is 14.6. The Morgan fingerprint density at radius 3 is 2.26 bits per heavy atom. The van der Waals surface area contributed by atoms with Crippen molar-refractivity contribution >= 4 is 34.7 Å². The van der Waals surface area contributed by atoms with Crippen LogP contribution >= 0.6 is 11.6 Å². The molecule has 0 saturated heterocycles. The van der Waals surface area contributed by atoms with Crippen LogP contribution in [-0.4, -0.2) is 30.8 Å². The number of ether oxygens (including phenoxy) is 2. The lowest BCUT2D eigenvalue weighted by atomic mass is 10.0. The molecule has 1 N–H and O–H groups in total. The molecule has 0 atom stereocenters. The van der Waals surface area contributed by atoms with Gasteiger partial charge in [0.15, 0.2) is 17.3 Å². The van der Waals surface area contributed by atoms with Gasteiger partial charge in [-0.2, -0.15) is 0 Å². The average Bonchev–Trinajstić information content (AvgIpc) is 2.78. The van der Waals surface area contributed by atoms with Crippen molar-refractivity contribution < 1.29 is 24.0 Å². The molecule has 0 fully saturated rings.